The molecule has 28 heavy (non-hydrogen) atoms. The van der Waals surface area contributed by atoms with Crippen molar-refractivity contribution in [2.24, 2.45) is 0 Å². The van der Waals surface area contributed by atoms with E-state index < -0.39 is 0 Å². The summed E-state index contributed by atoms with van der Waals surface area (Å²) >= 11 is 19.3. The molecule has 6 heteroatoms. The molecule has 0 radical (unpaired) electrons. The summed E-state index contributed by atoms with van der Waals surface area (Å²) in [5.41, 5.74) is 3.22. The predicted molar refractivity (Wildman–Crippen MR) is 115 cm³/mol. The normalized spacial score (nSPS) is 17.4. The van der Waals surface area contributed by atoms with Crippen molar-refractivity contribution in [2.75, 3.05) is 5.32 Å². The minimum absolute atomic E-state index is 0.0216. The number of hydrogen-bond acceptors (Lipinski definition) is 3. The van der Waals surface area contributed by atoms with Gasteiger partial charge in [-0.1, -0.05) is 53.0 Å². The molecule has 0 amide bonds. The second kappa shape index (κ2) is 6.28. The van der Waals surface area contributed by atoms with Crippen molar-refractivity contribution in [1.82, 2.24) is 0 Å². The van der Waals surface area contributed by atoms with E-state index in [4.69, 9.17) is 34.8 Å². The van der Waals surface area contributed by atoms with Crippen LogP contribution in [0, 0.1) is 0 Å². The van der Waals surface area contributed by atoms with Gasteiger partial charge in [0.15, 0.2) is 5.78 Å². The van der Waals surface area contributed by atoms with E-state index in [2.05, 4.69) is 5.32 Å². The Morgan fingerprint density at radius 2 is 1.71 bits per heavy atom. The van der Waals surface area contributed by atoms with Crippen LogP contribution in [-0.2, 0) is 0 Å². The molecule has 0 unspecified atom stereocenters. The number of phenols is 1. The number of phenolic OH excluding ortho intramolecular Hbond substituents is 1. The summed E-state index contributed by atoms with van der Waals surface area (Å²) in [6.45, 7) is 0. The Morgan fingerprint density at radius 1 is 0.964 bits per heavy atom. The molecule has 0 spiro atoms. The van der Waals surface area contributed by atoms with Crippen LogP contribution in [-0.4, -0.2) is 10.9 Å². The number of anilines is 1. The Balaban J connectivity index is 1.87. The fourth-order valence-electron chi connectivity index (χ4n) is 3.98. The van der Waals surface area contributed by atoms with Crippen molar-refractivity contribution >= 4 is 62.7 Å². The standard InChI is InChI=1S/C22H12Cl3NO2/c23-13-9-18(28)22-16(26-10-4-2-1-3-5-10)7-12-14(24)8-17(27)21-15(25)6-11(13)20(22)19(12)21/h1-9,12,26,28H/t12-/m1/s1. The van der Waals surface area contributed by atoms with Gasteiger partial charge in [0.2, 0.25) is 0 Å². The molecule has 2 aliphatic rings. The van der Waals surface area contributed by atoms with E-state index in [1.54, 1.807) is 6.07 Å². The molecule has 0 fully saturated rings. The lowest BCUT2D eigenvalue weighted by Gasteiger charge is -2.31. The highest BCUT2D eigenvalue weighted by Gasteiger charge is 2.35. The lowest BCUT2D eigenvalue weighted by atomic mass is 9.77. The zero-order valence-corrected chi connectivity index (χ0v) is 16.5. The molecule has 3 aromatic rings. The first-order chi connectivity index (χ1) is 13.5. The molecule has 2 aliphatic carbocycles. The molecule has 0 saturated carbocycles. The molecule has 0 saturated heterocycles. The Morgan fingerprint density at radius 3 is 2.46 bits per heavy atom. The van der Waals surface area contributed by atoms with E-state index in [0.717, 1.165) is 5.69 Å². The van der Waals surface area contributed by atoms with Gasteiger partial charge in [0.25, 0.3) is 0 Å². The SMILES string of the molecule is O=C1C=C(Cl)[C@H]2C=C(Nc3ccccc3)c3c(O)cc(Cl)c4cc(Cl)c1c2c34. The summed E-state index contributed by atoms with van der Waals surface area (Å²) in [6.07, 6.45) is 3.31. The third kappa shape index (κ3) is 2.47. The van der Waals surface area contributed by atoms with Gasteiger partial charge in [-0.15, -0.1) is 0 Å². The number of carbonyl (C=O) groups is 1. The van der Waals surface area contributed by atoms with Crippen molar-refractivity contribution < 1.29 is 9.90 Å². The minimum atomic E-state index is -0.354. The highest BCUT2D eigenvalue weighted by atomic mass is 35.5. The first-order valence-corrected chi connectivity index (χ1v) is 9.72. The fraction of sp³-hybridized carbons (Fsp3) is 0.0455. The molecular formula is C22H12Cl3NO2. The second-order valence-electron chi connectivity index (χ2n) is 6.76. The predicted octanol–water partition coefficient (Wildman–Crippen LogP) is 6.72. The monoisotopic (exact) mass is 427 g/mol. The van der Waals surface area contributed by atoms with Crippen molar-refractivity contribution in [3.05, 3.63) is 86.4 Å². The zero-order valence-electron chi connectivity index (χ0n) is 14.3. The molecule has 0 bridgehead atoms. The number of nitrogens with one attached hydrogen (secondary N) is 1. The first kappa shape index (κ1) is 17.6. The van der Waals surface area contributed by atoms with Crippen LogP contribution < -0.4 is 5.32 Å². The summed E-state index contributed by atoms with van der Waals surface area (Å²) in [7, 11) is 0. The van der Waals surface area contributed by atoms with Crippen molar-refractivity contribution in [1.29, 1.82) is 0 Å². The van der Waals surface area contributed by atoms with Crippen LogP contribution in [0.5, 0.6) is 5.75 Å². The van der Waals surface area contributed by atoms with Gasteiger partial charge in [-0.05, 0) is 35.9 Å². The van der Waals surface area contributed by atoms with Gasteiger partial charge in [-0.25, -0.2) is 0 Å². The highest BCUT2D eigenvalue weighted by Crippen LogP contribution is 2.52. The summed E-state index contributed by atoms with van der Waals surface area (Å²) in [5, 5.41) is 16.5. The quantitative estimate of drug-likeness (QED) is 0.476. The molecule has 3 nitrogen and oxygen atoms in total. The number of allylic oxidation sites excluding steroid dienone is 3. The fourth-order valence-corrected chi connectivity index (χ4v) is 4.81. The summed E-state index contributed by atoms with van der Waals surface area (Å²) in [6, 6.07) is 12.8. The molecule has 3 aromatic carbocycles. The van der Waals surface area contributed by atoms with Crippen LogP contribution >= 0.6 is 34.8 Å². The molecule has 2 N–H and O–H groups in total. The largest absolute Gasteiger partial charge is 0.507 e. The van der Waals surface area contributed by atoms with E-state index >= 15 is 0 Å². The third-order valence-corrected chi connectivity index (χ3v) is 6.08. The van der Waals surface area contributed by atoms with Crippen molar-refractivity contribution in [3.8, 4) is 5.75 Å². The Hall–Kier alpha value is -2.46. The maximum absolute atomic E-state index is 12.6. The number of halogens is 3. The Labute approximate surface area is 175 Å². The van der Waals surface area contributed by atoms with Gasteiger partial charge in [-0.2, -0.15) is 0 Å². The third-order valence-electron chi connectivity index (χ3n) is 5.12. The molecular weight excluding hydrogens is 417 g/mol. The van der Waals surface area contributed by atoms with Crippen LogP contribution in [0.3, 0.4) is 0 Å². The lowest BCUT2D eigenvalue weighted by Crippen LogP contribution is -2.18. The van der Waals surface area contributed by atoms with Gasteiger partial charge in [0, 0.05) is 50.3 Å². The van der Waals surface area contributed by atoms with Crippen LogP contribution in [0.4, 0.5) is 5.69 Å². The van der Waals surface area contributed by atoms with Gasteiger partial charge >= 0.3 is 0 Å². The number of ketones is 1. The first-order valence-electron chi connectivity index (χ1n) is 8.59. The van der Waals surface area contributed by atoms with E-state index in [1.807, 2.05) is 36.4 Å². The molecule has 5 rings (SSSR count). The van der Waals surface area contributed by atoms with E-state index in [1.165, 1.54) is 12.1 Å². The number of aromatic hydroxyl groups is 1. The van der Waals surface area contributed by atoms with Crippen LogP contribution in [0.25, 0.3) is 16.5 Å². The van der Waals surface area contributed by atoms with Crippen LogP contribution in [0.2, 0.25) is 10.0 Å². The second-order valence-corrected chi connectivity index (χ2v) is 8.02. The van der Waals surface area contributed by atoms with E-state index in [0.29, 0.717) is 48.2 Å². The smallest absolute Gasteiger partial charge is 0.188 e. The lowest BCUT2D eigenvalue weighted by molar-refractivity contribution is 0.104. The van der Waals surface area contributed by atoms with Gasteiger partial charge in [0.05, 0.1) is 10.0 Å². The van der Waals surface area contributed by atoms with Gasteiger partial charge < -0.3 is 10.4 Å². The Kier molecular flexibility index (Phi) is 3.95. The molecule has 138 valence electrons. The Bertz CT molecular complexity index is 1250. The van der Waals surface area contributed by atoms with Crippen molar-refractivity contribution in [2.45, 2.75) is 5.92 Å². The number of para-hydroxylation sites is 1. The minimum Gasteiger partial charge on any atom is -0.507 e. The van der Waals surface area contributed by atoms with Crippen molar-refractivity contribution in [3.63, 3.8) is 0 Å². The molecule has 1 atom stereocenters. The average molecular weight is 429 g/mol. The van der Waals surface area contributed by atoms with Gasteiger partial charge in [-0.3, -0.25) is 4.79 Å². The maximum Gasteiger partial charge on any atom is 0.188 e. The maximum atomic E-state index is 12.6. The highest BCUT2D eigenvalue weighted by molar-refractivity contribution is 6.41. The summed E-state index contributed by atoms with van der Waals surface area (Å²) in [5.74, 6) is -0.582. The van der Waals surface area contributed by atoms with Crippen LogP contribution in [0.15, 0.2) is 59.6 Å². The molecule has 0 aromatic heterocycles. The zero-order chi connectivity index (χ0) is 19.6. The van der Waals surface area contributed by atoms with E-state index in [-0.39, 0.29) is 17.5 Å². The number of rotatable bonds is 2. The number of hydrogen-bond donors (Lipinski definition) is 2. The summed E-state index contributed by atoms with van der Waals surface area (Å²) in [4.78, 5) is 12.6. The number of benzene rings is 3. The topological polar surface area (TPSA) is 49.3 Å². The summed E-state index contributed by atoms with van der Waals surface area (Å²) < 4.78 is 0. The average Bonchev–Trinajstić information content (AvgIpc) is 2.65. The molecule has 0 heterocycles. The molecule has 0 aliphatic heterocycles. The van der Waals surface area contributed by atoms with Crippen LogP contribution in [0.1, 0.15) is 27.4 Å². The van der Waals surface area contributed by atoms with E-state index in [9.17, 15) is 9.90 Å². The number of carbonyl (C=O) groups excluding carboxylic acids is 1. The van der Waals surface area contributed by atoms with Gasteiger partial charge in [0.1, 0.15) is 5.75 Å².